The largest absolute Gasteiger partial charge is 0.478 e. The van der Waals surface area contributed by atoms with E-state index in [0.29, 0.717) is 24.6 Å². The first-order valence-electron chi connectivity index (χ1n) is 7.81. The monoisotopic (exact) mass is 342 g/mol. The quantitative estimate of drug-likeness (QED) is 0.641. The van der Waals surface area contributed by atoms with Crippen molar-refractivity contribution in [2.75, 3.05) is 11.9 Å². The van der Waals surface area contributed by atoms with Gasteiger partial charge in [-0.05, 0) is 43.9 Å². The summed E-state index contributed by atoms with van der Waals surface area (Å²) in [6.45, 7) is 8.43. The van der Waals surface area contributed by atoms with Crippen molar-refractivity contribution < 1.29 is 18.3 Å². The Balaban J connectivity index is 3.17. The summed E-state index contributed by atoms with van der Waals surface area (Å²) in [6, 6.07) is 3.89. The lowest BCUT2D eigenvalue weighted by atomic mass is 10.1. The first-order chi connectivity index (χ1) is 10.7. The van der Waals surface area contributed by atoms with Crippen LogP contribution >= 0.6 is 0 Å². The van der Waals surface area contributed by atoms with Crippen molar-refractivity contribution >= 4 is 21.7 Å². The Hall–Kier alpha value is -1.60. The number of carbonyl (C=O) groups is 1. The lowest BCUT2D eigenvalue weighted by Crippen LogP contribution is -2.32. The summed E-state index contributed by atoms with van der Waals surface area (Å²) in [6.07, 6.45) is 1.53. The standard InChI is InChI=1S/C16H26N2O4S/c1-5-12(4)18-23(21,22)15-10-13(16(19)20)6-7-14(15)17-9-8-11(2)3/h6-7,10-12,17-18H,5,8-9H2,1-4H3,(H,19,20)/t12-/m0/s1. The van der Waals surface area contributed by atoms with Crippen LogP contribution in [0.4, 0.5) is 5.69 Å². The van der Waals surface area contributed by atoms with Crippen molar-refractivity contribution in [2.24, 2.45) is 5.92 Å². The Bertz CT molecular complexity index is 641. The van der Waals surface area contributed by atoms with Crippen LogP contribution in [0.5, 0.6) is 0 Å². The second-order valence-corrected chi connectivity index (χ2v) is 7.74. The van der Waals surface area contributed by atoms with Crippen molar-refractivity contribution in [3.05, 3.63) is 23.8 Å². The fourth-order valence-corrected chi connectivity index (χ4v) is 3.47. The lowest BCUT2D eigenvalue weighted by molar-refractivity contribution is 0.0696. The molecular formula is C16H26N2O4S. The number of anilines is 1. The maximum Gasteiger partial charge on any atom is 0.335 e. The average molecular weight is 342 g/mol. The van der Waals surface area contributed by atoms with Gasteiger partial charge in [-0.1, -0.05) is 20.8 Å². The molecule has 6 nitrogen and oxygen atoms in total. The SMILES string of the molecule is CC[C@H](C)NS(=O)(=O)c1cc(C(=O)O)ccc1NCCC(C)C. The van der Waals surface area contributed by atoms with E-state index in [1.54, 1.807) is 6.92 Å². The van der Waals surface area contributed by atoms with E-state index >= 15 is 0 Å². The molecule has 23 heavy (non-hydrogen) atoms. The molecule has 0 aromatic heterocycles. The van der Waals surface area contributed by atoms with Crippen LogP contribution in [0, 0.1) is 5.92 Å². The molecule has 0 bridgehead atoms. The molecular weight excluding hydrogens is 316 g/mol. The first kappa shape index (κ1) is 19.4. The number of carboxylic acid groups (broad SMARTS) is 1. The molecule has 130 valence electrons. The van der Waals surface area contributed by atoms with Crippen LogP contribution < -0.4 is 10.0 Å². The molecule has 0 aliphatic rings. The predicted octanol–water partition coefficient (Wildman–Crippen LogP) is 2.92. The minimum absolute atomic E-state index is 0.0264. The van der Waals surface area contributed by atoms with Crippen LogP contribution in [-0.4, -0.2) is 32.1 Å². The molecule has 1 atom stereocenters. The van der Waals surface area contributed by atoms with Gasteiger partial charge in [0.05, 0.1) is 11.3 Å². The van der Waals surface area contributed by atoms with E-state index in [2.05, 4.69) is 23.9 Å². The van der Waals surface area contributed by atoms with Crippen LogP contribution in [-0.2, 0) is 10.0 Å². The van der Waals surface area contributed by atoms with Crippen molar-refractivity contribution in [2.45, 2.75) is 51.5 Å². The second-order valence-electron chi connectivity index (χ2n) is 6.06. The molecule has 0 saturated heterocycles. The third-order valence-corrected chi connectivity index (χ3v) is 5.15. The van der Waals surface area contributed by atoms with E-state index < -0.39 is 16.0 Å². The third-order valence-electron chi connectivity index (χ3n) is 3.52. The fraction of sp³-hybridized carbons (Fsp3) is 0.562. The van der Waals surface area contributed by atoms with Gasteiger partial charge < -0.3 is 10.4 Å². The summed E-state index contributed by atoms with van der Waals surface area (Å²) in [5.41, 5.74) is 0.371. The predicted molar refractivity (Wildman–Crippen MR) is 91.4 cm³/mol. The molecule has 1 aromatic carbocycles. The first-order valence-corrected chi connectivity index (χ1v) is 9.29. The number of aromatic carboxylic acids is 1. The molecule has 7 heteroatoms. The molecule has 0 aliphatic carbocycles. The van der Waals surface area contributed by atoms with Gasteiger partial charge in [-0.3, -0.25) is 0 Å². The van der Waals surface area contributed by atoms with Crippen LogP contribution in [0.3, 0.4) is 0 Å². The molecule has 1 rings (SSSR count). The normalized spacial score (nSPS) is 13.1. The number of nitrogens with one attached hydrogen (secondary N) is 2. The highest BCUT2D eigenvalue weighted by atomic mass is 32.2. The molecule has 0 amide bonds. The molecule has 0 unspecified atom stereocenters. The lowest BCUT2D eigenvalue weighted by Gasteiger charge is -2.17. The van der Waals surface area contributed by atoms with Gasteiger partial charge in [0.25, 0.3) is 0 Å². The van der Waals surface area contributed by atoms with E-state index in [9.17, 15) is 13.2 Å². The Kier molecular flexibility index (Phi) is 7.02. The molecule has 0 fully saturated rings. The molecule has 3 N–H and O–H groups in total. The third kappa shape index (κ3) is 5.84. The van der Waals surface area contributed by atoms with E-state index in [-0.39, 0.29) is 16.5 Å². The van der Waals surface area contributed by atoms with Crippen molar-refractivity contribution in [1.82, 2.24) is 4.72 Å². The molecule has 0 aliphatic heterocycles. The van der Waals surface area contributed by atoms with Gasteiger partial charge in [-0.25, -0.2) is 17.9 Å². The summed E-state index contributed by atoms with van der Waals surface area (Å²) in [5.74, 6) is -0.669. The van der Waals surface area contributed by atoms with E-state index in [0.717, 1.165) is 6.42 Å². The topological polar surface area (TPSA) is 95.5 Å². The second kappa shape index (κ2) is 8.31. The molecule has 0 radical (unpaired) electrons. The Morgan fingerprint density at radius 2 is 1.91 bits per heavy atom. The number of hydrogen-bond donors (Lipinski definition) is 3. The Labute approximate surface area is 138 Å². The number of sulfonamides is 1. The zero-order chi connectivity index (χ0) is 17.6. The Morgan fingerprint density at radius 3 is 2.43 bits per heavy atom. The van der Waals surface area contributed by atoms with Gasteiger partial charge in [0.1, 0.15) is 4.90 Å². The van der Waals surface area contributed by atoms with Crippen LogP contribution in [0.15, 0.2) is 23.1 Å². The summed E-state index contributed by atoms with van der Waals surface area (Å²) in [4.78, 5) is 11.1. The average Bonchev–Trinajstić information content (AvgIpc) is 2.46. The molecule has 0 saturated carbocycles. The van der Waals surface area contributed by atoms with Crippen molar-refractivity contribution in [3.8, 4) is 0 Å². The van der Waals surface area contributed by atoms with Crippen molar-refractivity contribution in [3.63, 3.8) is 0 Å². The van der Waals surface area contributed by atoms with E-state index in [1.165, 1.54) is 18.2 Å². The minimum atomic E-state index is -3.78. The minimum Gasteiger partial charge on any atom is -0.478 e. The molecule has 1 aromatic rings. The summed E-state index contributed by atoms with van der Waals surface area (Å²) >= 11 is 0. The number of hydrogen-bond acceptors (Lipinski definition) is 4. The highest BCUT2D eigenvalue weighted by Crippen LogP contribution is 2.24. The zero-order valence-electron chi connectivity index (χ0n) is 14.1. The van der Waals surface area contributed by atoms with Gasteiger partial charge in [-0.15, -0.1) is 0 Å². The van der Waals surface area contributed by atoms with Gasteiger partial charge in [0.2, 0.25) is 10.0 Å². The van der Waals surface area contributed by atoms with Gasteiger partial charge in [0.15, 0.2) is 0 Å². The van der Waals surface area contributed by atoms with Crippen LogP contribution in [0.1, 0.15) is 50.9 Å². The number of benzene rings is 1. The van der Waals surface area contributed by atoms with Crippen LogP contribution in [0.25, 0.3) is 0 Å². The van der Waals surface area contributed by atoms with Gasteiger partial charge in [0, 0.05) is 12.6 Å². The summed E-state index contributed by atoms with van der Waals surface area (Å²) in [7, 11) is -3.78. The molecule has 0 heterocycles. The maximum absolute atomic E-state index is 12.6. The summed E-state index contributed by atoms with van der Waals surface area (Å²) in [5, 5.41) is 12.2. The zero-order valence-corrected chi connectivity index (χ0v) is 14.9. The number of carboxylic acids is 1. The van der Waals surface area contributed by atoms with Gasteiger partial charge >= 0.3 is 5.97 Å². The summed E-state index contributed by atoms with van der Waals surface area (Å²) < 4.78 is 27.7. The smallest absolute Gasteiger partial charge is 0.335 e. The highest BCUT2D eigenvalue weighted by Gasteiger charge is 2.22. The van der Waals surface area contributed by atoms with E-state index in [1.807, 2.05) is 6.92 Å². The molecule has 0 spiro atoms. The Morgan fingerprint density at radius 1 is 1.26 bits per heavy atom. The fourth-order valence-electron chi connectivity index (χ4n) is 1.93. The number of rotatable bonds is 9. The van der Waals surface area contributed by atoms with Crippen LogP contribution in [0.2, 0.25) is 0 Å². The van der Waals surface area contributed by atoms with Gasteiger partial charge in [-0.2, -0.15) is 0 Å². The van der Waals surface area contributed by atoms with Crippen molar-refractivity contribution in [1.29, 1.82) is 0 Å². The maximum atomic E-state index is 12.6. The highest BCUT2D eigenvalue weighted by molar-refractivity contribution is 7.89. The van der Waals surface area contributed by atoms with E-state index in [4.69, 9.17) is 5.11 Å².